The minimum absolute atomic E-state index is 0.337. The van der Waals surface area contributed by atoms with Crippen LogP contribution < -0.4 is 19.2 Å². The van der Waals surface area contributed by atoms with Crippen LogP contribution in [0.25, 0.3) is 0 Å². The molecule has 0 spiro atoms. The molecule has 0 heterocycles. The van der Waals surface area contributed by atoms with E-state index in [1.807, 2.05) is 54.6 Å². The van der Waals surface area contributed by atoms with E-state index in [0.717, 1.165) is 21.9 Å². The zero-order valence-corrected chi connectivity index (χ0v) is 20.7. The van der Waals surface area contributed by atoms with E-state index in [4.69, 9.17) is 9.47 Å². The molecule has 9 heteroatoms. The number of nitrogens with one attached hydrogen (secondary N) is 1. The molecule has 3 aromatic rings. The molecule has 0 unspecified atom stereocenters. The molecule has 0 aromatic heterocycles. The Bertz CT molecular complexity index is 1230. The zero-order valence-electron chi connectivity index (χ0n) is 19.9. The van der Waals surface area contributed by atoms with Crippen LogP contribution in [-0.4, -0.2) is 39.9 Å². The van der Waals surface area contributed by atoms with Gasteiger partial charge in [0.05, 0.1) is 24.8 Å². The average molecular weight is 496 g/mol. The number of amides is 1. The fraction of sp³-hybridized carbons (Fsp3) is 0.231. The van der Waals surface area contributed by atoms with Gasteiger partial charge in [0.2, 0.25) is 10.0 Å². The molecule has 0 saturated heterocycles. The van der Waals surface area contributed by atoms with Gasteiger partial charge in [0.1, 0.15) is 23.8 Å². The number of rotatable bonds is 11. The Kier molecular flexibility index (Phi) is 8.86. The predicted octanol–water partition coefficient (Wildman–Crippen LogP) is 4.43. The number of hydrogen-bond acceptors (Lipinski definition) is 6. The summed E-state index contributed by atoms with van der Waals surface area (Å²) in [4.78, 5) is 12.4. The maximum Gasteiger partial charge on any atom is 0.260 e. The van der Waals surface area contributed by atoms with Crippen LogP contribution in [-0.2, 0) is 14.8 Å². The minimum atomic E-state index is -3.71. The maximum atomic E-state index is 12.4. The lowest BCUT2D eigenvalue weighted by atomic mass is 10.2. The van der Waals surface area contributed by atoms with Gasteiger partial charge in [-0.1, -0.05) is 32.0 Å². The van der Waals surface area contributed by atoms with E-state index in [-0.39, 0.29) is 0 Å². The van der Waals surface area contributed by atoms with E-state index in [9.17, 15) is 13.2 Å². The lowest BCUT2D eigenvalue weighted by Gasteiger charge is -2.21. The molecule has 0 aliphatic carbocycles. The number of sulfonamides is 1. The fourth-order valence-electron chi connectivity index (χ4n) is 2.96. The summed E-state index contributed by atoms with van der Waals surface area (Å²) >= 11 is 0. The van der Waals surface area contributed by atoms with Crippen molar-refractivity contribution in [1.82, 2.24) is 5.43 Å². The molecule has 35 heavy (non-hydrogen) atoms. The molecular weight excluding hydrogens is 466 g/mol. The molecule has 0 atom stereocenters. The first-order valence-corrected chi connectivity index (χ1v) is 12.9. The summed E-state index contributed by atoms with van der Waals surface area (Å²) < 4.78 is 37.0. The summed E-state index contributed by atoms with van der Waals surface area (Å²) in [6.45, 7) is 4.36. The molecule has 0 radical (unpaired) electrons. The Balaban J connectivity index is 1.59. The summed E-state index contributed by atoms with van der Waals surface area (Å²) in [6, 6.07) is 22.9. The van der Waals surface area contributed by atoms with Gasteiger partial charge >= 0.3 is 0 Å². The molecule has 184 valence electrons. The van der Waals surface area contributed by atoms with Crippen molar-refractivity contribution in [1.29, 1.82) is 0 Å². The van der Waals surface area contributed by atoms with E-state index < -0.39 is 22.5 Å². The number of carbonyl (C=O) groups is 1. The third-order valence-electron chi connectivity index (χ3n) is 4.66. The van der Waals surface area contributed by atoms with Crippen molar-refractivity contribution in [2.75, 3.05) is 23.7 Å². The molecular formula is C26H29N3O5S. The Morgan fingerprint density at radius 1 is 0.943 bits per heavy atom. The second-order valence-electron chi connectivity index (χ2n) is 8.25. The van der Waals surface area contributed by atoms with Crippen molar-refractivity contribution in [3.05, 3.63) is 84.4 Å². The number of anilines is 1. The fourth-order valence-corrected chi connectivity index (χ4v) is 3.82. The zero-order chi connectivity index (χ0) is 25.3. The van der Waals surface area contributed by atoms with E-state index in [1.165, 1.54) is 6.21 Å². The van der Waals surface area contributed by atoms with E-state index in [0.29, 0.717) is 29.7 Å². The first kappa shape index (κ1) is 25.8. The van der Waals surface area contributed by atoms with E-state index >= 15 is 0 Å². The van der Waals surface area contributed by atoms with Crippen molar-refractivity contribution >= 4 is 27.8 Å². The molecule has 0 aliphatic heterocycles. The van der Waals surface area contributed by atoms with Crippen LogP contribution in [0.3, 0.4) is 0 Å². The Morgan fingerprint density at radius 3 is 2.14 bits per heavy atom. The Hall–Kier alpha value is -3.85. The summed E-state index contributed by atoms with van der Waals surface area (Å²) in [5, 5.41) is 3.93. The average Bonchev–Trinajstić information content (AvgIpc) is 2.83. The van der Waals surface area contributed by atoms with E-state index in [2.05, 4.69) is 24.4 Å². The highest BCUT2D eigenvalue weighted by atomic mass is 32.2. The standard InChI is InChI=1S/C26H29N3O5S/c1-20(2)19-33-23-13-9-21(10-14-23)17-27-28-26(30)18-29(35(3,31)32)22-11-15-25(16-12-22)34-24-7-5-4-6-8-24/h4-17,20H,18-19H2,1-3H3,(H,28,30)/b27-17-. The first-order chi connectivity index (χ1) is 16.7. The van der Waals surface area contributed by atoms with Crippen molar-refractivity contribution < 1.29 is 22.7 Å². The quantitative estimate of drug-likeness (QED) is 0.314. The van der Waals surface area contributed by atoms with Crippen molar-refractivity contribution in [3.8, 4) is 17.2 Å². The van der Waals surface area contributed by atoms with Gasteiger partial charge < -0.3 is 9.47 Å². The van der Waals surface area contributed by atoms with Crippen LogP contribution >= 0.6 is 0 Å². The molecule has 0 saturated carbocycles. The predicted molar refractivity (Wildman–Crippen MR) is 138 cm³/mol. The van der Waals surface area contributed by atoms with Crippen molar-refractivity contribution in [3.63, 3.8) is 0 Å². The van der Waals surface area contributed by atoms with Crippen LogP contribution in [0.15, 0.2) is 84.0 Å². The van der Waals surface area contributed by atoms with Gasteiger partial charge in [-0.25, -0.2) is 13.8 Å². The molecule has 1 amide bonds. The highest BCUT2D eigenvalue weighted by Crippen LogP contribution is 2.25. The SMILES string of the molecule is CC(C)COc1ccc(/C=N\NC(=O)CN(c2ccc(Oc3ccccc3)cc2)S(C)(=O)=O)cc1. The number of para-hydroxylation sites is 1. The van der Waals surface area contributed by atoms with E-state index in [1.54, 1.807) is 24.3 Å². The second kappa shape index (κ2) is 12.0. The highest BCUT2D eigenvalue weighted by Gasteiger charge is 2.20. The number of benzene rings is 3. The lowest BCUT2D eigenvalue weighted by molar-refractivity contribution is -0.119. The monoisotopic (exact) mass is 495 g/mol. The molecule has 8 nitrogen and oxygen atoms in total. The summed E-state index contributed by atoms with van der Waals surface area (Å²) in [7, 11) is -3.71. The normalized spacial score (nSPS) is 11.4. The number of hydrazone groups is 1. The summed E-state index contributed by atoms with van der Waals surface area (Å²) in [6.07, 6.45) is 2.52. The van der Waals surface area contributed by atoms with Gasteiger partial charge in [-0.15, -0.1) is 0 Å². The van der Waals surface area contributed by atoms with Gasteiger partial charge in [0.15, 0.2) is 0 Å². The molecule has 0 bridgehead atoms. The smallest absolute Gasteiger partial charge is 0.260 e. The van der Waals surface area contributed by atoms with Crippen LogP contribution in [0.1, 0.15) is 19.4 Å². The molecule has 1 N–H and O–H groups in total. The summed E-state index contributed by atoms with van der Waals surface area (Å²) in [5.74, 6) is 1.81. The Labute approximate surface area is 206 Å². The molecule has 0 fully saturated rings. The maximum absolute atomic E-state index is 12.4. The molecule has 3 aromatic carbocycles. The number of nitrogens with zero attached hydrogens (tertiary/aromatic N) is 2. The summed E-state index contributed by atoms with van der Waals surface area (Å²) in [5.41, 5.74) is 3.47. The number of ether oxygens (including phenoxy) is 2. The van der Waals surface area contributed by atoms with Gasteiger partial charge in [-0.3, -0.25) is 9.10 Å². The van der Waals surface area contributed by atoms with Gasteiger partial charge in [-0.2, -0.15) is 5.10 Å². The first-order valence-electron chi connectivity index (χ1n) is 11.1. The Morgan fingerprint density at radius 2 is 1.54 bits per heavy atom. The van der Waals surface area contributed by atoms with Crippen LogP contribution in [0.4, 0.5) is 5.69 Å². The number of carbonyl (C=O) groups excluding carboxylic acids is 1. The minimum Gasteiger partial charge on any atom is -0.493 e. The van der Waals surface area contributed by atoms with Crippen LogP contribution in [0.5, 0.6) is 17.2 Å². The van der Waals surface area contributed by atoms with Crippen molar-refractivity contribution in [2.24, 2.45) is 11.0 Å². The second-order valence-corrected chi connectivity index (χ2v) is 10.2. The molecule has 3 rings (SSSR count). The third-order valence-corrected chi connectivity index (χ3v) is 5.80. The van der Waals surface area contributed by atoms with Crippen LogP contribution in [0, 0.1) is 5.92 Å². The number of hydrogen-bond donors (Lipinski definition) is 1. The van der Waals surface area contributed by atoms with Gasteiger partial charge in [0.25, 0.3) is 5.91 Å². The molecule has 0 aliphatic rings. The highest BCUT2D eigenvalue weighted by molar-refractivity contribution is 7.92. The van der Waals surface area contributed by atoms with Gasteiger partial charge in [-0.05, 0) is 72.1 Å². The third kappa shape index (κ3) is 8.46. The van der Waals surface area contributed by atoms with Crippen LogP contribution in [0.2, 0.25) is 0 Å². The lowest BCUT2D eigenvalue weighted by Crippen LogP contribution is -2.38. The topological polar surface area (TPSA) is 97.3 Å². The van der Waals surface area contributed by atoms with Crippen molar-refractivity contribution in [2.45, 2.75) is 13.8 Å². The van der Waals surface area contributed by atoms with Gasteiger partial charge in [0, 0.05) is 0 Å². The largest absolute Gasteiger partial charge is 0.493 e.